The monoisotopic (exact) mass is 414 g/mol. The molecule has 0 spiro atoms. The smallest absolute Gasteiger partial charge is 0.330 e. The van der Waals surface area contributed by atoms with Gasteiger partial charge in [0, 0.05) is 24.9 Å². The molecule has 0 aliphatic heterocycles. The predicted octanol–water partition coefficient (Wildman–Crippen LogP) is 3.95. The molecule has 0 saturated heterocycles. The van der Waals surface area contributed by atoms with Crippen LogP contribution in [0.5, 0.6) is 0 Å². The Morgan fingerprint density at radius 1 is 0.821 bits per heavy atom. The molecule has 28 heavy (non-hydrogen) atoms. The lowest BCUT2D eigenvalue weighted by Crippen LogP contribution is -2.46. The van der Waals surface area contributed by atoms with Crippen LogP contribution in [0.3, 0.4) is 0 Å². The molecular formula is C18H24F6N2O2. The summed E-state index contributed by atoms with van der Waals surface area (Å²) in [5.74, 6) is -3.22. The number of halogens is 6. The van der Waals surface area contributed by atoms with Gasteiger partial charge in [-0.1, -0.05) is 18.6 Å². The molecule has 4 nitrogen and oxygen atoms in total. The van der Waals surface area contributed by atoms with Gasteiger partial charge in [-0.15, -0.1) is 13.2 Å². The van der Waals surface area contributed by atoms with E-state index in [0.29, 0.717) is 16.2 Å². The summed E-state index contributed by atoms with van der Waals surface area (Å²) in [4.78, 5) is 26.3. The molecular weight excluding hydrogens is 390 g/mol. The molecule has 0 N–H and O–H groups in total. The lowest BCUT2D eigenvalue weighted by molar-refractivity contribution is -0.166. The zero-order chi connectivity index (χ0) is 21.5. The summed E-state index contributed by atoms with van der Waals surface area (Å²) in [6.07, 6.45) is -5.96. The number of alkyl halides is 6. The van der Waals surface area contributed by atoms with Gasteiger partial charge in [0.1, 0.15) is 13.1 Å². The van der Waals surface area contributed by atoms with E-state index >= 15 is 0 Å². The molecule has 2 atom stereocenters. The maximum Gasteiger partial charge on any atom is 0.406 e. The van der Waals surface area contributed by atoms with Crippen LogP contribution in [0, 0.1) is 11.8 Å². The maximum atomic E-state index is 12.7. The zero-order valence-corrected chi connectivity index (χ0v) is 15.4. The van der Waals surface area contributed by atoms with Crippen LogP contribution in [0.4, 0.5) is 26.3 Å². The minimum Gasteiger partial charge on any atom is -0.330 e. The third-order valence-corrected chi connectivity index (χ3v) is 4.44. The number of rotatable bonds is 8. The molecule has 1 aliphatic carbocycles. The summed E-state index contributed by atoms with van der Waals surface area (Å²) in [6, 6.07) is 0. The van der Waals surface area contributed by atoms with Gasteiger partial charge in [-0.3, -0.25) is 9.59 Å². The van der Waals surface area contributed by atoms with Crippen LogP contribution in [0.2, 0.25) is 0 Å². The number of nitrogens with zero attached hydrogens (tertiary/aromatic N) is 2. The van der Waals surface area contributed by atoms with E-state index in [0.717, 1.165) is 0 Å². The Kier molecular flexibility index (Phi) is 8.56. The molecule has 1 aliphatic rings. The third kappa shape index (κ3) is 7.93. The van der Waals surface area contributed by atoms with Crippen molar-refractivity contribution in [3.63, 3.8) is 0 Å². The maximum absolute atomic E-state index is 12.7. The number of hydrogen-bond donors (Lipinski definition) is 0. The van der Waals surface area contributed by atoms with Crippen molar-refractivity contribution in [1.82, 2.24) is 9.80 Å². The van der Waals surface area contributed by atoms with Crippen molar-refractivity contribution in [3.8, 4) is 0 Å². The number of amides is 2. The summed E-state index contributed by atoms with van der Waals surface area (Å²) in [6.45, 7) is 3.20. The summed E-state index contributed by atoms with van der Waals surface area (Å²) in [7, 11) is 0. The second kappa shape index (κ2) is 9.97. The number of carbonyl (C=O) groups is 2. The van der Waals surface area contributed by atoms with Crippen molar-refractivity contribution < 1.29 is 35.9 Å². The van der Waals surface area contributed by atoms with Crippen LogP contribution in [0.1, 0.15) is 25.7 Å². The Hall–Kier alpha value is -2.00. The van der Waals surface area contributed by atoms with E-state index in [1.54, 1.807) is 0 Å². The highest BCUT2D eigenvalue weighted by atomic mass is 19.4. The van der Waals surface area contributed by atoms with Crippen molar-refractivity contribution in [3.05, 3.63) is 25.3 Å². The first kappa shape index (κ1) is 24.0. The Morgan fingerprint density at radius 3 is 1.46 bits per heavy atom. The lowest BCUT2D eigenvalue weighted by Gasteiger charge is -2.34. The summed E-state index contributed by atoms with van der Waals surface area (Å²) in [5, 5.41) is 0. The van der Waals surface area contributed by atoms with E-state index in [1.807, 2.05) is 0 Å². The van der Waals surface area contributed by atoms with E-state index < -0.39 is 49.1 Å². The van der Waals surface area contributed by atoms with Crippen LogP contribution in [-0.4, -0.2) is 60.1 Å². The first-order chi connectivity index (χ1) is 12.9. The highest BCUT2D eigenvalue weighted by Gasteiger charge is 2.40. The Balaban J connectivity index is 2.87. The van der Waals surface area contributed by atoms with Crippen LogP contribution >= 0.6 is 0 Å². The van der Waals surface area contributed by atoms with Gasteiger partial charge in [0.15, 0.2) is 0 Å². The van der Waals surface area contributed by atoms with Gasteiger partial charge in [-0.05, 0) is 19.3 Å². The first-order valence-electron chi connectivity index (χ1n) is 8.80. The Labute approximate surface area is 159 Å². The standard InChI is InChI=1S/C18H24F6N2O2/c1-3-8-25(11-17(19,20)21)15(27)13-6-5-7-14(10-13)16(28)26(9-4-2)12-18(22,23)24/h3-4,13-14H,1-2,5-12H2. The van der Waals surface area contributed by atoms with E-state index in [1.165, 1.54) is 12.2 Å². The van der Waals surface area contributed by atoms with Crippen LogP contribution in [0.25, 0.3) is 0 Å². The van der Waals surface area contributed by atoms with Gasteiger partial charge < -0.3 is 9.80 Å². The molecule has 0 radical (unpaired) electrons. The molecule has 160 valence electrons. The normalized spacial score (nSPS) is 20.4. The molecule has 0 aromatic carbocycles. The molecule has 2 amide bonds. The molecule has 10 heteroatoms. The number of carbonyl (C=O) groups excluding carboxylic acids is 2. The Bertz CT molecular complexity index is 525. The minimum absolute atomic E-state index is 0.0747. The fourth-order valence-corrected chi connectivity index (χ4v) is 3.36. The van der Waals surface area contributed by atoms with Gasteiger partial charge in [-0.2, -0.15) is 26.3 Å². The van der Waals surface area contributed by atoms with Gasteiger partial charge in [-0.25, -0.2) is 0 Å². The second-order valence-electron chi connectivity index (χ2n) is 6.81. The van der Waals surface area contributed by atoms with Crippen molar-refractivity contribution in [2.24, 2.45) is 11.8 Å². The van der Waals surface area contributed by atoms with Crippen LogP contribution < -0.4 is 0 Å². The largest absolute Gasteiger partial charge is 0.406 e. The molecule has 2 unspecified atom stereocenters. The average molecular weight is 414 g/mol. The van der Waals surface area contributed by atoms with E-state index in [4.69, 9.17) is 0 Å². The molecule has 0 heterocycles. The SMILES string of the molecule is C=CCN(CC(F)(F)F)C(=O)C1CCCC(C(=O)N(CC=C)CC(F)(F)F)C1. The average Bonchev–Trinajstić information content (AvgIpc) is 2.57. The fourth-order valence-electron chi connectivity index (χ4n) is 3.36. The minimum atomic E-state index is -4.59. The van der Waals surface area contributed by atoms with Crippen molar-refractivity contribution >= 4 is 11.8 Å². The molecule has 0 bridgehead atoms. The van der Waals surface area contributed by atoms with E-state index in [2.05, 4.69) is 13.2 Å². The molecule has 0 aromatic rings. The summed E-state index contributed by atoms with van der Waals surface area (Å²) < 4.78 is 76.2. The second-order valence-corrected chi connectivity index (χ2v) is 6.81. The summed E-state index contributed by atoms with van der Waals surface area (Å²) >= 11 is 0. The highest BCUT2D eigenvalue weighted by Crippen LogP contribution is 2.33. The molecule has 0 aromatic heterocycles. The quantitative estimate of drug-likeness (QED) is 0.446. The van der Waals surface area contributed by atoms with Crippen molar-refractivity contribution in [1.29, 1.82) is 0 Å². The van der Waals surface area contributed by atoms with Crippen molar-refractivity contribution in [2.45, 2.75) is 38.0 Å². The third-order valence-electron chi connectivity index (χ3n) is 4.44. The molecule has 1 fully saturated rings. The fraction of sp³-hybridized carbons (Fsp3) is 0.667. The van der Waals surface area contributed by atoms with Crippen LogP contribution in [0.15, 0.2) is 25.3 Å². The van der Waals surface area contributed by atoms with Gasteiger partial charge in [0.05, 0.1) is 0 Å². The predicted molar refractivity (Wildman–Crippen MR) is 91.1 cm³/mol. The van der Waals surface area contributed by atoms with E-state index in [-0.39, 0.29) is 32.4 Å². The van der Waals surface area contributed by atoms with Crippen LogP contribution in [-0.2, 0) is 9.59 Å². The summed E-state index contributed by atoms with van der Waals surface area (Å²) in [5.41, 5.74) is 0. The number of hydrogen-bond acceptors (Lipinski definition) is 2. The van der Waals surface area contributed by atoms with E-state index in [9.17, 15) is 35.9 Å². The van der Waals surface area contributed by atoms with Gasteiger partial charge in [0.2, 0.25) is 11.8 Å². The lowest BCUT2D eigenvalue weighted by atomic mass is 9.80. The molecule has 1 rings (SSSR count). The van der Waals surface area contributed by atoms with Gasteiger partial charge >= 0.3 is 12.4 Å². The van der Waals surface area contributed by atoms with Gasteiger partial charge in [0.25, 0.3) is 0 Å². The topological polar surface area (TPSA) is 40.6 Å². The Morgan fingerprint density at radius 2 is 1.18 bits per heavy atom. The highest BCUT2D eigenvalue weighted by molar-refractivity contribution is 5.83. The molecule has 1 saturated carbocycles. The zero-order valence-electron chi connectivity index (χ0n) is 15.4. The first-order valence-corrected chi connectivity index (χ1v) is 8.80. The van der Waals surface area contributed by atoms with Crippen molar-refractivity contribution in [2.75, 3.05) is 26.2 Å².